The van der Waals surface area contributed by atoms with E-state index in [1.54, 1.807) is 14.2 Å². The third kappa shape index (κ3) is 4.60. The summed E-state index contributed by atoms with van der Waals surface area (Å²) in [6.45, 7) is 0. The first-order chi connectivity index (χ1) is 10.2. The zero-order chi connectivity index (χ0) is 15.1. The molecule has 114 valence electrons. The largest absolute Gasteiger partial charge is 0.493 e. The quantitative estimate of drug-likeness (QED) is 0.660. The van der Waals surface area contributed by atoms with E-state index in [2.05, 4.69) is 15.8 Å². The topological polar surface area (TPSA) is 54.9 Å². The molecular weight excluding hydrogens is 286 g/mol. The monoisotopic (exact) mass is 307 g/mol. The maximum Gasteiger partial charge on any atom is 0.191 e. The van der Waals surface area contributed by atoms with Crippen molar-refractivity contribution in [3.05, 3.63) is 18.2 Å². The molecule has 2 N–H and O–H groups in total. The molecule has 1 aromatic carbocycles. The summed E-state index contributed by atoms with van der Waals surface area (Å²) >= 11 is 5.24. The molecule has 1 aromatic rings. The summed E-state index contributed by atoms with van der Waals surface area (Å²) in [6.07, 6.45) is 5.86. The van der Waals surface area contributed by atoms with Crippen molar-refractivity contribution >= 4 is 28.7 Å². The maximum absolute atomic E-state index is 5.26. The van der Waals surface area contributed by atoms with Crippen LogP contribution in [0.25, 0.3) is 0 Å². The SMILES string of the molecule is COc1ccc(NC(=S)NN=C2CCCCC2)cc1OC. The Morgan fingerprint density at radius 1 is 1.10 bits per heavy atom. The minimum absolute atomic E-state index is 0.472. The third-order valence-electron chi connectivity index (χ3n) is 3.39. The maximum atomic E-state index is 5.26. The lowest BCUT2D eigenvalue weighted by molar-refractivity contribution is 0.355. The molecule has 0 heterocycles. The van der Waals surface area contributed by atoms with Gasteiger partial charge in [0.15, 0.2) is 16.6 Å². The molecule has 0 atom stereocenters. The highest BCUT2D eigenvalue weighted by atomic mass is 32.1. The van der Waals surface area contributed by atoms with Gasteiger partial charge in [-0.15, -0.1) is 0 Å². The number of nitrogens with one attached hydrogen (secondary N) is 2. The average Bonchev–Trinajstić information content (AvgIpc) is 2.53. The van der Waals surface area contributed by atoms with Crippen molar-refractivity contribution in [1.29, 1.82) is 0 Å². The summed E-state index contributed by atoms with van der Waals surface area (Å²) in [4.78, 5) is 0. The zero-order valence-electron chi connectivity index (χ0n) is 12.4. The summed E-state index contributed by atoms with van der Waals surface area (Å²) in [5.41, 5.74) is 4.92. The van der Waals surface area contributed by atoms with E-state index in [0.717, 1.165) is 18.5 Å². The lowest BCUT2D eigenvalue weighted by Gasteiger charge is -2.14. The van der Waals surface area contributed by atoms with Crippen LogP contribution >= 0.6 is 12.2 Å². The molecule has 1 fully saturated rings. The minimum Gasteiger partial charge on any atom is -0.493 e. The first-order valence-corrected chi connectivity index (χ1v) is 7.48. The first-order valence-electron chi connectivity index (χ1n) is 7.07. The van der Waals surface area contributed by atoms with Crippen LogP contribution in [0.1, 0.15) is 32.1 Å². The molecule has 0 unspecified atom stereocenters. The number of nitrogens with zero attached hydrogens (tertiary/aromatic N) is 1. The molecule has 1 aliphatic rings. The Kier molecular flexibility index (Phi) is 5.80. The fourth-order valence-corrected chi connectivity index (χ4v) is 2.44. The van der Waals surface area contributed by atoms with Crippen molar-refractivity contribution in [2.24, 2.45) is 5.10 Å². The number of ether oxygens (including phenoxy) is 2. The second-order valence-corrected chi connectivity index (χ2v) is 5.28. The van der Waals surface area contributed by atoms with Crippen molar-refractivity contribution in [2.75, 3.05) is 19.5 Å². The fourth-order valence-electron chi connectivity index (χ4n) is 2.27. The molecule has 5 nitrogen and oxygen atoms in total. The third-order valence-corrected chi connectivity index (χ3v) is 3.58. The normalized spacial score (nSPS) is 14.3. The van der Waals surface area contributed by atoms with Crippen molar-refractivity contribution in [3.8, 4) is 11.5 Å². The van der Waals surface area contributed by atoms with Crippen LogP contribution in [-0.2, 0) is 0 Å². The van der Waals surface area contributed by atoms with Gasteiger partial charge in [0.05, 0.1) is 14.2 Å². The summed E-state index contributed by atoms with van der Waals surface area (Å²) in [5.74, 6) is 1.34. The smallest absolute Gasteiger partial charge is 0.191 e. The zero-order valence-corrected chi connectivity index (χ0v) is 13.3. The molecule has 0 saturated heterocycles. The predicted molar refractivity (Wildman–Crippen MR) is 89.4 cm³/mol. The van der Waals surface area contributed by atoms with Crippen LogP contribution in [-0.4, -0.2) is 25.0 Å². The molecular formula is C15H21N3O2S. The Morgan fingerprint density at radius 3 is 2.48 bits per heavy atom. The standard InChI is InChI=1S/C15H21N3O2S/c1-19-13-9-8-12(10-14(13)20-2)16-15(21)18-17-11-6-4-3-5-7-11/h8-10H,3-7H2,1-2H3,(H2,16,18,21). The van der Waals surface area contributed by atoms with E-state index in [1.165, 1.54) is 25.0 Å². The van der Waals surface area contributed by atoms with E-state index in [-0.39, 0.29) is 0 Å². The number of methoxy groups -OCH3 is 2. The molecule has 0 bridgehead atoms. The van der Waals surface area contributed by atoms with Crippen LogP contribution < -0.4 is 20.2 Å². The molecule has 2 rings (SSSR count). The molecule has 0 amide bonds. The van der Waals surface area contributed by atoms with E-state index >= 15 is 0 Å². The van der Waals surface area contributed by atoms with Gasteiger partial charge in [-0.3, -0.25) is 5.43 Å². The second-order valence-electron chi connectivity index (χ2n) is 4.87. The van der Waals surface area contributed by atoms with Crippen LogP contribution in [0.5, 0.6) is 11.5 Å². The summed E-state index contributed by atoms with van der Waals surface area (Å²) in [5, 5.41) is 7.92. The first kappa shape index (κ1) is 15.6. The van der Waals surface area contributed by atoms with Gasteiger partial charge in [-0.25, -0.2) is 0 Å². The number of hydrazone groups is 1. The van der Waals surface area contributed by atoms with Crippen molar-refractivity contribution in [3.63, 3.8) is 0 Å². The number of thiocarbonyl (C=S) groups is 1. The molecule has 21 heavy (non-hydrogen) atoms. The van der Waals surface area contributed by atoms with Crippen LogP contribution in [0.15, 0.2) is 23.3 Å². The molecule has 0 spiro atoms. The highest BCUT2D eigenvalue weighted by Gasteiger charge is 2.08. The van der Waals surface area contributed by atoms with Gasteiger partial charge in [0, 0.05) is 17.5 Å². The lowest BCUT2D eigenvalue weighted by atomic mass is 9.99. The average molecular weight is 307 g/mol. The van der Waals surface area contributed by atoms with Gasteiger partial charge in [-0.05, 0) is 50.0 Å². The van der Waals surface area contributed by atoms with Crippen LogP contribution in [0.3, 0.4) is 0 Å². The summed E-state index contributed by atoms with van der Waals surface area (Å²) in [7, 11) is 3.21. The van der Waals surface area contributed by atoms with E-state index in [1.807, 2.05) is 18.2 Å². The molecule has 0 aliphatic heterocycles. The Balaban J connectivity index is 1.93. The molecule has 0 radical (unpaired) electrons. The number of hydrogen-bond acceptors (Lipinski definition) is 4. The van der Waals surface area contributed by atoms with Gasteiger partial charge < -0.3 is 14.8 Å². The Bertz CT molecular complexity index is 524. The minimum atomic E-state index is 0.472. The summed E-state index contributed by atoms with van der Waals surface area (Å²) < 4.78 is 10.5. The molecule has 1 aliphatic carbocycles. The highest BCUT2D eigenvalue weighted by molar-refractivity contribution is 7.80. The highest BCUT2D eigenvalue weighted by Crippen LogP contribution is 2.29. The summed E-state index contributed by atoms with van der Waals surface area (Å²) in [6, 6.07) is 5.54. The lowest BCUT2D eigenvalue weighted by Crippen LogP contribution is -2.25. The van der Waals surface area contributed by atoms with E-state index in [4.69, 9.17) is 21.7 Å². The van der Waals surface area contributed by atoms with Crippen LogP contribution in [0.4, 0.5) is 5.69 Å². The number of rotatable bonds is 4. The van der Waals surface area contributed by atoms with Crippen LogP contribution in [0, 0.1) is 0 Å². The van der Waals surface area contributed by atoms with Gasteiger partial charge in [-0.2, -0.15) is 5.10 Å². The van der Waals surface area contributed by atoms with Crippen molar-refractivity contribution in [1.82, 2.24) is 5.43 Å². The Labute approximate surface area is 130 Å². The second kappa shape index (κ2) is 7.83. The number of anilines is 1. The van der Waals surface area contributed by atoms with Crippen molar-refractivity contribution < 1.29 is 9.47 Å². The van der Waals surface area contributed by atoms with Gasteiger partial charge in [-0.1, -0.05) is 6.42 Å². The Morgan fingerprint density at radius 2 is 1.81 bits per heavy atom. The van der Waals surface area contributed by atoms with Gasteiger partial charge in [0.2, 0.25) is 0 Å². The van der Waals surface area contributed by atoms with E-state index < -0.39 is 0 Å². The van der Waals surface area contributed by atoms with Gasteiger partial charge in [0.25, 0.3) is 0 Å². The van der Waals surface area contributed by atoms with E-state index in [9.17, 15) is 0 Å². The van der Waals surface area contributed by atoms with Gasteiger partial charge >= 0.3 is 0 Å². The van der Waals surface area contributed by atoms with Crippen molar-refractivity contribution in [2.45, 2.75) is 32.1 Å². The van der Waals surface area contributed by atoms with Crippen LogP contribution in [0.2, 0.25) is 0 Å². The van der Waals surface area contributed by atoms with Gasteiger partial charge in [0.1, 0.15) is 0 Å². The predicted octanol–water partition coefficient (Wildman–Crippen LogP) is 3.31. The number of hydrogen-bond donors (Lipinski definition) is 2. The molecule has 6 heteroatoms. The van der Waals surface area contributed by atoms with E-state index in [0.29, 0.717) is 16.6 Å². The fraction of sp³-hybridized carbons (Fsp3) is 0.467. The number of benzene rings is 1. The molecule has 1 saturated carbocycles. The Hall–Kier alpha value is -1.82. The molecule has 0 aromatic heterocycles.